The molecule has 0 saturated heterocycles. The first-order chi connectivity index (χ1) is 11.4. The standard InChI is InChI=1S/C19H26N4/c1-2-23(17-12-8-5-9-13-17)19-14-18(20-15-21-19)22-16-10-6-3-4-7-11-16/h5,8-9,12-16H,2-4,6-7,10-11H2,1H3,(H,20,21,22). The lowest BCUT2D eigenvalue weighted by Crippen LogP contribution is -2.21. The number of hydrogen-bond acceptors (Lipinski definition) is 4. The van der Waals surface area contributed by atoms with E-state index in [2.05, 4.69) is 57.4 Å². The highest BCUT2D eigenvalue weighted by molar-refractivity contribution is 5.62. The number of aromatic nitrogens is 2. The van der Waals surface area contributed by atoms with Gasteiger partial charge in [0.2, 0.25) is 0 Å². The molecule has 1 aromatic heterocycles. The van der Waals surface area contributed by atoms with Crippen LogP contribution in [0.25, 0.3) is 0 Å². The number of rotatable bonds is 5. The number of benzene rings is 1. The summed E-state index contributed by atoms with van der Waals surface area (Å²) in [4.78, 5) is 11.1. The van der Waals surface area contributed by atoms with Crippen LogP contribution < -0.4 is 10.2 Å². The quantitative estimate of drug-likeness (QED) is 0.808. The van der Waals surface area contributed by atoms with Crippen LogP contribution in [0.5, 0.6) is 0 Å². The average molecular weight is 310 g/mol. The number of hydrogen-bond donors (Lipinski definition) is 1. The van der Waals surface area contributed by atoms with E-state index < -0.39 is 0 Å². The monoisotopic (exact) mass is 310 g/mol. The maximum Gasteiger partial charge on any atom is 0.138 e. The van der Waals surface area contributed by atoms with E-state index in [0.29, 0.717) is 6.04 Å². The van der Waals surface area contributed by atoms with E-state index in [-0.39, 0.29) is 0 Å². The molecule has 0 atom stereocenters. The Bertz CT molecular complexity index is 591. The molecule has 3 rings (SSSR count). The van der Waals surface area contributed by atoms with Gasteiger partial charge in [0.1, 0.15) is 18.0 Å². The molecule has 1 aliphatic carbocycles. The number of anilines is 3. The van der Waals surface area contributed by atoms with Gasteiger partial charge in [0.15, 0.2) is 0 Å². The van der Waals surface area contributed by atoms with Crippen molar-refractivity contribution in [3.63, 3.8) is 0 Å². The highest BCUT2D eigenvalue weighted by Gasteiger charge is 2.14. The van der Waals surface area contributed by atoms with Crippen LogP contribution in [-0.2, 0) is 0 Å². The van der Waals surface area contributed by atoms with Crippen molar-refractivity contribution in [3.05, 3.63) is 42.7 Å². The van der Waals surface area contributed by atoms with Gasteiger partial charge in [-0.2, -0.15) is 0 Å². The predicted molar refractivity (Wildman–Crippen MR) is 96.3 cm³/mol. The Kier molecular flexibility index (Phi) is 5.46. The first-order valence-electron chi connectivity index (χ1n) is 8.78. The minimum Gasteiger partial charge on any atom is -0.367 e. The van der Waals surface area contributed by atoms with Gasteiger partial charge in [-0.1, -0.05) is 43.9 Å². The maximum atomic E-state index is 4.47. The molecule has 0 bridgehead atoms. The fourth-order valence-electron chi connectivity index (χ4n) is 3.29. The van der Waals surface area contributed by atoms with Crippen LogP contribution in [-0.4, -0.2) is 22.6 Å². The van der Waals surface area contributed by atoms with Gasteiger partial charge in [-0.25, -0.2) is 9.97 Å². The van der Waals surface area contributed by atoms with Gasteiger partial charge in [0.25, 0.3) is 0 Å². The summed E-state index contributed by atoms with van der Waals surface area (Å²) in [7, 11) is 0. The molecule has 0 unspecified atom stereocenters. The second-order valence-corrected chi connectivity index (χ2v) is 6.17. The third kappa shape index (κ3) is 4.21. The normalized spacial score (nSPS) is 15.9. The summed E-state index contributed by atoms with van der Waals surface area (Å²) in [5.74, 6) is 1.89. The Morgan fingerprint density at radius 2 is 1.78 bits per heavy atom. The molecule has 122 valence electrons. The van der Waals surface area contributed by atoms with Crippen LogP contribution in [0.15, 0.2) is 42.7 Å². The highest BCUT2D eigenvalue weighted by Crippen LogP contribution is 2.25. The minimum atomic E-state index is 0.548. The topological polar surface area (TPSA) is 41.0 Å². The van der Waals surface area contributed by atoms with E-state index in [9.17, 15) is 0 Å². The summed E-state index contributed by atoms with van der Waals surface area (Å²) in [5.41, 5.74) is 1.16. The van der Waals surface area contributed by atoms with Crippen LogP contribution in [0.1, 0.15) is 45.4 Å². The fourth-order valence-corrected chi connectivity index (χ4v) is 3.29. The summed E-state index contributed by atoms with van der Waals surface area (Å²) in [6.45, 7) is 3.03. The first kappa shape index (κ1) is 15.8. The summed E-state index contributed by atoms with van der Waals surface area (Å²) in [6, 6.07) is 13.0. The van der Waals surface area contributed by atoms with Crippen molar-refractivity contribution in [1.82, 2.24) is 9.97 Å². The van der Waals surface area contributed by atoms with Gasteiger partial charge in [-0.3, -0.25) is 0 Å². The van der Waals surface area contributed by atoms with Crippen LogP contribution in [0.3, 0.4) is 0 Å². The van der Waals surface area contributed by atoms with Crippen molar-refractivity contribution >= 4 is 17.3 Å². The summed E-state index contributed by atoms with van der Waals surface area (Å²) in [5, 5.41) is 3.61. The molecule has 1 saturated carbocycles. The highest BCUT2D eigenvalue weighted by atomic mass is 15.2. The molecule has 0 amide bonds. The molecule has 0 aliphatic heterocycles. The number of nitrogens with zero attached hydrogens (tertiary/aromatic N) is 3. The molecule has 23 heavy (non-hydrogen) atoms. The molecule has 0 spiro atoms. The molecule has 0 radical (unpaired) electrons. The molecule has 1 fully saturated rings. The van der Waals surface area contributed by atoms with Crippen molar-refractivity contribution in [1.29, 1.82) is 0 Å². The van der Waals surface area contributed by atoms with E-state index in [1.54, 1.807) is 6.33 Å². The molecular formula is C19H26N4. The van der Waals surface area contributed by atoms with Gasteiger partial charge in [-0.05, 0) is 31.9 Å². The van der Waals surface area contributed by atoms with Gasteiger partial charge >= 0.3 is 0 Å². The largest absolute Gasteiger partial charge is 0.367 e. The van der Waals surface area contributed by atoms with Crippen LogP contribution >= 0.6 is 0 Å². The molecule has 1 aromatic carbocycles. The van der Waals surface area contributed by atoms with Crippen LogP contribution in [0, 0.1) is 0 Å². The zero-order valence-electron chi connectivity index (χ0n) is 13.9. The third-order valence-electron chi connectivity index (χ3n) is 4.52. The fraction of sp³-hybridized carbons (Fsp3) is 0.474. The molecule has 4 heteroatoms. The lowest BCUT2D eigenvalue weighted by molar-refractivity contribution is 0.617. The summed E-state index contributed by atoms with van der Waals surface area (Å²) < 4.78 is 0. The zero-order valence-corrected chi connectivity index (χ0v) is 13.9. The number of para-hydroxylation sites is 1. The predicted octanol–water partition coefficient (Wildman–Crippen LogP) is 4.77. The number of nitrogens with one attached hydrogen (secondary N) is 1. The second-order valence-electron chi connectivity index (χ2n) is 6.17. The van der Waals surface area contributed by atoms with Crippen molar-refractivity contribution in [2.45, 2.75) is 51.5 Å². The maximum absolute atomic E-state index is 4.47. The first-order valence-corrected chi connectivity index (χ1v) is 8.78. The van der Waals surface area contributed by atoms with Gasteiger partial charge in [0, 0.05) is 24.3 Å². The van der Waals surface area contributed by atoms with Crippen LogP contribution in [0.2, 0.25) is 0 Å². The van der Waals surface area contributed by atoms with E-state index in [1.807, 2.05) is 6.07 Å². The van der Waals surface area contributed by atoms with E-state index >= 15 is 0 Å². The van der Waals surface area contributed by atoms with Gasteiger partial charge in [-0.15, -0.1) is 0 Å². The SMILES string of the molecule is CCN(c1ccccc1)c1cc(NC2CCCCCC2)ncn1. The van der Waals surface area contributed by atoms with Gasteiger partial charge < -0.3 is 10.2 Å². The Morgan fingerprint density at radius 3 is 2.48 bits per heavy atom. The smallest absolute Gasteiger partial charge is 0.138 e. The van der Waals surface area contributed by atoms with Crippen molar-refractivity contribution in [2.75, 3.05) is 16.8 Å². The van der Waals surface area contributed by atoms with Crippen LogP contribution in [0.4, 0.5) is 17.3 Å². The zero-order chi connectivity index (χ0) is 15.9. The Labute approximate surface area is 139 Å². The summed E-state index contributed by atoms with van der Waals surface area (Å²) in [6.07, 6.45) is 9.53. The van der Waals surface area contributed by atoms with E-state index in [4.69, 9.17) is 0 Å². The van der Waals surface area contributed by atoms with Crippen molar-refractivity contribution in [3.8, 4) is 0 Å². The van der Waals surface area contributed by atoms with E-state index in [1.165, 1.54) is 38.5 Å². The van der Waals surface area contributed by atoms with Crippen molar-refractivity contribution in [2.24, 2.45) is 0 Å². The lowest BCUT2D eigenvalue weighted by atomic mass is 10.1. The molecule has 1 heterocycles. The second kappa shape index (κ2) is 7.95. The van der Waals surface area contributed by atoms with Crippen molar-refractivity contribution < 1.29 is 0 Å². The molecule has 4 nitrogen and oxygen atoms in total. The minimum absolute atomic E-state index is 0.548. The lowest BCUT2D eigenvalue weighted by Gasteiger charge is -2.23. The molecule has 1 N–H and O–H groups in total. The third-order valence-corrected chi connectivity index (χ3v) is 4.52. The van der Waals surface area contributed by atoms with E-state index in [0.717, 1.165) is 23.9 Å². The Balaban J connectivity index is 1.75. The molecular weight excluding hydrogens is 284 g/mol. The van der Waals surface area contributed by atoms with Gasteiger partial charge in [0.05, 0.1) is 0 Å². The molecule has 2 aromatic rings. The molecule has 1 aliphatic rings. The Morgan fingerprint density at radius 1 is 1.04 bits per heavy atom. The Hall–Kier alpha value is -2.10. The summed E-state index contributed by atoms with van der Waals surface area (Å²) >= 11 is 0. The average Bonchev–Trinajstić information content (AvgIpc) is 2.86.